The van der Waals surface area contributed by atoms with Gasteiger partial charge in [-0.15, -0.1) is 0 Å². The van der Waals surface area contributed by atoms with E-state index in [-0.39, 0.29) is 0 Å². The lowest BCUT2D eigenvalue weighted by Gasteiger charge is -2.30. The van der Waals surface area contributed by atoms with Crippen LogP contribution in [0.1, 0.15) is 51.0 Å². The van der Waals surface area contributed by atoms with Gasteiger partial charge in [0, 0.05) is 26.2 Å². The molecule has 0 radical (unpaired) electrons. The van der Waals surface area contributed by atoms with Crippen molar-refractivity contribution >= 4 is 30.1 Å². The molecule has 0 atom stereocenters. The SMILES string of the molecule is CC(/C=N/Nc1nc(N2CCCCC2)nc(N2CCCCC2)n1)=C\c1ccccc1. The number of nitrogens with one attached hydrogen (secondary N) is 1. The van der Waals surface area contributed by atoms with Crippen molar-refractivity contribution in [1.82, 2.24) is 15.0 Å². The van der Waals surface area contributed by atoms with Crippen LogP contribution >= 0.6 is 0 Å². The number of hydrogen-bond acceptors (Lipinski definition) is 7. The standard InChI is InChI=1S/C23H31N7/c1-19(17-20-11-5-2-6-12-20)18-24-28-21-25-22(29-13-7-3-8-14-29)27-23(26-21)30-15-9-4-10-16-30/h2,5-6,11-12,17-18H,3-4,7-10,13-16H2,1H3,(H,25,26,27,28)/b19-17+,24-18+. The number of rotatable bonds is 6. The summed E-state index contributed by atoms with van der Waals surface area (Å²) in [5, 5.41) is 4.38. The average molecular weight is 406 g/mol. The Morgan fingerprint density at radius 1 is 0.833 bits per heavy atom. The van der Waals surface area contributed by atoms with Crippen LogP contribution in [0.2, 0.25) is 0 Å². The fourth-order valence-electron chi connectivity index (χ4n) is 3.92. The molecule has 2 fully saturated rings. The van der Waals surface area contributed by atoms with Gasteiger partial charge in [0.15, 0.2) is 0 Å². The Labute approximate surface area is 178 Å². The quantitative estimate of drug-likeness (QED) is 0.569. The second-order valence-electron chi connectivity index (χ2n) is 8.02. The van der Waals surface area contributed by atoms with E-state index in [0.29, 0.717) is 5.95 Å². The van der Waals surface area contributed by atoms with E-state index in [1.165, 1.54) is 38.5 Å². The summed E-state index contributed by atoms with van der Waals surface area (Å²) in [6.07, 6.45) is 11.2. The second-order valence-corrected chi connectivity index (χ2v) is 8.02. The van der Waals surface area contributed by atoms with E-state index < -0.39 is 0 Å². The summed E-state index contributed by atoms with van der Waals surface area (Å²) >= 11 is 0. The molecular weight excluding hydrogens is 374 g/mol. The van der Waals surface area contributed by atoms with Crippen LogP contribution in [-0.4, -0.2) is 47.3 Å². The Balaban J connectivity index is 1.51. The van der Waals surface area contributed by atoms with Gasteiger partial charge in [-0.05, 0) is 56.6 Å². The number of hydrazone groups is 1. The van der Waals surface area contributed by atoms with Crippen LogP contribution in [-0.2, 0) is 0 Å². The highest BCUT2D eigenvalue weighted by atomic mass is 15.4. The first-order valence-electron chi connectivity index (χ1n) is 11.1. The molecule has 30 heavy (non-hydrogen) atoms. The van der Waals surface area contributed by atoms with Crippen LogP contribution in [0.3, 0.4) is 0 Å². The molecule has 158 valence electrons. The van der Waals surface area contributed by atoms with Crippen molar-refractivity contribution < 1.29 is 0 Å². The Morgan fingerprint density at radius 2 is 1.40 bits per heavy atom. The van der Waals surface area contributed by atoms with Crippen LogP contribution in [0.15, 0.2) is 41.0 Å². The molecule has 2 aromatic rings. The second kappa shape index (κ2) is 10.2. The number of anilines is 3. The van der Waals surface area contributed by atoms with E-state index in [1.54, 1.807) is 6.21 Å². The summed E-state index contributed by atoms with van der Waals surface area (Å²) in [4.78, 5) is 18.7. The Hall–Kier alpha value is -2.96. The Morgan fingerprint density at radius 3 is 1.97 bits per heavy atom. The maximum Gasteiger partial charge on any atom is 0.250 e. The minimum atomic E-state index is 0.509. The molecule has 1 aromatic heterocycles. The molecule has 0 unspecified atom stereocenters. The molecule has 4 rings (SSSR count). The lowest BCUT2D eigenvalue weighted by molar-refractivity contribution is 0.556. The number of nitrogens with zero attached hydrogens (tertiary/aromatic N) is 6. The topological polar surface area (TPSA) is 69.5 Å². The van der Waals surface area contributed by atoms with Crippen LogP contribution < -0.4 is 15.2 Å². The maximum absolute atomic E-state index is 4.81. The van der Waals surface area contributed by atoms with E-state index in [4.69, 9.17) is 4.98 Å². The van der Waals surface area contributed by atoms with Crippen molar-refractivity contribution in [3.63, 3.8) is 0 Å². The zero-order valence-electron chi connectivity index (χ0n) is 17.8. The minimum Gasteiger partial charge on any atom is -0.341 e. The summed E-state index contributed by atoms with van der Waals surface area (Å²) in [6, 6.07) is 10.2. The van der Waals surface area contributed by atoms with Gasteiger partial charge in [-0.3, -0.25) is 0 Å². The Bertz CT molecular complexity index is 830. The molecule has 0 spiro atoms. The third kappa shape index (κ3) is 5.55. The third-order valence-corrected chi connectivity index (χ3v) is 5.52. The average Bonchev–Trinajstić information content (AvgIpc) is 2.81. The van der Waals surface area contributed by atoms with Crippen LogP contribution in [0.5, 0.6) is 0 Å². The summed E-state index contributed by atoms with van der Waals surface area (Å²) in [5.74, 6) is 2.04. The van der Waals surface area contributed by atoms with Crippen molar-refractivity contribution in [2.75, 3.05) is 41.4 Å². The Kier molecular flexibility index (Phi) is 6.90. The number of allylic oxidation sites excluding steroid dienone is 1. The van der Waals surface area contributed by atoms with Gasteiger partial charge in [-0.25, -0.2) is 5.43 Å². The highest BCUT2D eigenvalue weighted by Crippen LogP contribution is 2.22. The maximum atomic E-state index is 4.81. The van der Waals surface area contributed by atoms with Gasteiger partial charge in [0.25, 0.3) is 0 Å². The molecule has 0 amide bonds. The monoisotopic (exact) mass is 405 g/mol. The molecule has 3 heterocycles. The predicted molar refractivity (Wildman–Crippen MR) is 124 cm³/mol. The zero-order chi connectivity index (χ0) is 20.6. The number of aromatic nitrogens is 3. The van der Waals surface area contributed by atoms with Crippen LogP contribution in [0.25, 0.3) is 6.08 Å². The smallest absolute Gasteiger partial charge is 0.250 e. The van der Waals surface area contributed by atoms with Crippen LogP contribution in [0, 0.1) is 0 Å². The molecule has 0 bridgehead atoms. The number of benzene rings is 1. The first kappa shape index (κ1) is 20.3. The molecule has 2 aliphatic heterocycles. The van der Waals surface area contributed by atoms with Gasteiger partial charge in [-0.1, -0.05) is 36.4 Å². The lowest BCUT2D eigenvalue weighted by atomic mass is 10.1. The summed E-state index contributed by atoms with van der Waals surface area (Å²) < 4.78 is 0. The summed E-state index contributed by atoms with van der Waals surface area (Å²) in [7, 11) is 0. The molecule has 1 aromatic carbocycles. The fraction of sp³-hybridized carbons (Fsp3) is 0.478. The molecule has 1 N–H and O–H groups in total. The first-order chi connectivity index (χ1) is 14.8. The number of hydrogen-bond donors (Lipinski definition) is 1. The van der Waals surface area contributed by atoms with E-state index in [9.17, 15) is 0 Å². The van der Waals surface area contributed by atoms with E-state index >= 15 is 0 Å². The summed E-state index contributed by atoms with van der Waals surface area (Å²) in [5.41, 5.74) is 5.24. The molecule has 0 saturated carbocycles. The van der Waals surface area contributed by atoms with Crippen LogP contribution in [0.4, 0.5) is 17.8 Å². The van der Waals surface area contributed by atoms with E-state index in [2.05, 4.69) is 48.5 Å². The van der Waals surface area contributed by atoms with Gasteiger partial charge in [-0.2, -0.15) is 20.1 Å². The molecule has 2 aliphatic rings. The van der Waals surface area contributed by atoms with Crippen molar-refractivity contribution in [3.05, 3.63) is 41.5 Å². The van der Waals surface area contributed by atoms with Gasteiger partial charge in [0.1, 0.15) is 0 Å². The molecule has 0 aliphatic carbocycles. The highest BCUT2D eigenvalue weighted by Gasteiger charge is 2.20. The molecule has 2 saturated heterocycles. The largest absolute Gasteiger partial charge is 0.341 e. The van der Waals surface area contributed by atoms with Gasteiger partial charge in [0.05, 0.1) is 6.21 Å². The van der Waals surface area contributed by atoms with Crippen molar-refractivity contribution in [1.29, 1.82) is 0 Å². The molecular formula is C23H31N7. The van der Waals surface area contributed by atoms with Gasteiger partial charge < -0.3 is 9.80 Å². The third-order valence-electron chi connectivity index (χ3n) is 5.52. The number of piperidine rings is 2. The lowest BCUT2D eigenvalue weighted by Crippen LogP contribution is -2.34. The van der Waals surface area contributed by atoms with E-state index in [0.717, 1.165) is 49.2 Å². The van der Waals surface area contributed by atoms with Crippen molar-refractivity contribution in [3.8, 4) is 0 Å². The predicted octanol–water partition coefficient (Wildman–Crippen LogP) is 4.35. The zero-order valence-corrected chi connectivity index (χ0v) is 17.8. The normalized spacial score (nSPS) is 18.1. The molecule has 7 nitrogen and oxygen atoms in total. The van der Waals surface area contributed by atoms with Crippen molar-refractivity contribution in [2.45, 2.75) is 45.4 Å². The first-order valence-corrected chi connectivity index (χ1v) is 11.1. The highest BCUT2D eigenvalue weighted by molar-refractivity contribution is 5.85. The fourth-order valence-corrected chi connectivity index (χ4v) is 3.92. The van der Waals surface area contributed by atoms with Gasteiger partial charge in [0.2, 0.25) is 17.8 Å². The minimum absolute atomic E-state index is 0.509. The van der Waals surface area contributed by atoms with Crippen molar-refractivity contribution in [2.24, 2.45) is 5.10 Å². The summed E-state index contributed by atoms with van der Waals surface area (Å²) in [6.45, 7) is 6.05. The van der Waals surface area contributed by atoms with Gasteiger partial charge >= 0.3 is 0 Å². The molecule has 7 heteroatoms. The van der Waals surface area contributed by atoms with E-state index in [1.807, 2.05) is 25.1 Å².